The van der Waals surface area contributed by atoms with Crippen molar-refractivity contribution in [2.45, 2.75) is 37.5 Å². The summed E-state index contributed by atoms with van der Waals surface area (Å²) < 4.78 is 0. The summed E-state index contributed by atoms with van der Waals surface area (Å²) in [5.74, 6) is 1.10. The van der Waals surface area contributed by atoms with Crippen molar-refractivity contribution in [3.05, 3.63) is 5.28 Å². The van der Waals surface area contributed by atoms with Crippen LogP contribution in [0.3, 0.4) is 0 Å². The van der Waals surface area contributed by atoms with Crippen LogP contribution in [0.1, 0.15) is 26.2 Å². The number of anilines is 2. The SMILES string of the molecule is CSC(CO)C(C)Nc1nc(Cl)nc(N2CCCCC2)n1. The Morgan fingerprint density at radius 3 is 2.62 bits per heavy atom. The molecule has 1 saturated heterocycles. The van der Waals surface area contributed by atoms with Gasteiger partial charge in [0.1, 0.15) is 0 Å². The van der Waals surface area contributed by atoms with Crippen molar-refractivity contribution in [2.24, 2.45) is 0 Å². The number of aromatic nitrogens is 3. The smallest absolute Gasteiger partial charge is 0.231 e. The van der Waals surface area contributed by atoms with Crippen molar-refractivity contribution in [2.75, 3.05) is 36.2 Å². The molecule has 0 aliphatic carbocycles. The molecule has 2 rings (SSSR count). The molecule has 118 valence electrons. The van der Waals surface area contributed by atoms with Crippen molar-refractivity contribution in [3.63, 3.8) is 0 Å². The van der Waals surface area contributed by atoms with Gasteiger partial charge in [-0.1, -0.05) is 0 Å². The van der Waals surface area contributed by atoms with Gasteiger partial charge in [0.05, 0.1) is 6.61 Å². The van der Waals surface area contributed by atoms with E-state index >= 15 is 0 Å². The Labute approximate surface area is 134 Å². The first-order valence-electron chi connectivity index (χ1n) is 7.20. The van der Waals surface area contributed by atoms with E-state index in [2.05, 4.69) is 25.2 Å². The highest BCUT2D eigenvalue weighted by Crippen LogP contribution is 2.20. The molecule has 2 atom stereocenters. The second-order valence-electron chi connectivity index (χ2n) is 5.17. The highest BCUT2D eigenvalue weighted by atomic mass is 35.5. The molecule has 2 N–H and O–H groups in total. The second-order valence-corrected chi connectivity index (χ2v) is 6.58. The van der Waals surface area contributed by atoms with Gasteiger partial charge in [0.2, 0.25) is 17.2 Å². The van der Waals surface area contributed by atoms with E-state index in [0.717, 1.165) is 25.9 Å². The van der Waals surface area contributed by atoms with Crippen molar-refractivity contribution in [3.8, 4) is 0 Å². The minimum Gasteiger partial charge on any atom is -0.395 e. The molecule has 21 heavy (non-hydrogen) atoms. The normalized spacial score (nSPS) is 18.4. The second kappa shape index (κ2) is 8.00. The molecule has 0 bridgehead atoms. The first-order valence-corrected chi connectivity index (χ1v) is 8.87. The maximum atomic E-state index is 9.34. The quantitative estimate of drug-likeness (QED) is 0.826. The first-order chi connectivity index (χ1) is 10.1. The lowest BCUT2D eigenvalue weighted by atomic mass is 10.1. The fourth-order valence-corrected chi connectivity index (χ4v) is 3.15. The molecule has 1 aliphatic heterocycles. The number of halogens is 1. The standard InChI is InChI=1S/C13H22ClN5OS/c1-9(10(8-20)21-2)15-12-16-11(14)17-13(18-12)19-6-4-3-5-7-19/h9-10,20H,3-8H2,1-2H3,(H,15,16,17,18). The minimum atomic E-state index is 0.0395. The molecule has 1 fully saturated rings. The molecule has 0 aromatic carbocycles. The summed E-state index contributed by atoms with van der Waals surface area (Å²) in [6.45, 7) is 4.02. The van der Waals surface area contributed by atoms with E-state index in [1.165, 1.54) is 6.42 Å². The monoisotopic (exact) mass is 331 g/mol. The van der Waals surface area contributed by atoms with Crippen molar-refractivity contribution < 1.29 is 5.11 Å². The van der Waals surface area contributed by atoms with E-state index in [1.807, 2.05) is 13.2 Å². The van der Waals surface area contributed by atoms with Crippen LogP contribution in [-0.2, 0) is 0 Å². The van der Waals surface area contributed by atoms with Gasteiger partial charge in [-0.25, -0.2) is 0 Å². The molecule has 1 aliphatic rings. The van der Waals surface area contributed by atoms with Gasteiger partial charge in [-0.2, -0.15) is 26.7 Å². The van der Waals surface area contributed by atoms with Crippen LogP contribution in [0.2, 0.25) is 5.28 Å². The summed E-state index contributed by atoms with van der Waals surface area (Å²) in [5, 5.41) is 12.8. The molecule has 1 aromatic rings. The Morgan fingerprint density at radius 1 is 1.29 bits per heavy atom. The van der Waals surface area contributed by atoms with Gasteiger partial charge < -0.3 is 15.3 Å². The Hall–Kier alpha value is -0.790. The predicted molar refractivity (Wildman–Crippen MR) is 88.4 cm³/mol. The third kappa shape index (κ3) is 4.59. The van der Waals surface area contributed by atoms with Crippen molar-refractivity contribution in [1.29, 1.82) is 0 Å². The lowest BCUT2D eigenvalue weighted by Crippen LogP contribution is -2.33. The average Bonchev–Trinajstić information content (AvgIpc) is 2.49. The lowest BCUT2D eigenvalue weighted by molar-refractivity contribution is 0.288. The summed E-state index contributed by atoms with van der Waals surface area (Å²) in [5.41, 5.74) is 0. The van der Waals surface area contributed by atoms with Gasteiger partial charge in [-0.05, 0) is 44.0 Å². The highest BCUT2D eigenvalue weighted by molar-refractivity contribution is 7.99. The van der Waals surface area contributed by atoms with E-state index in [9.17, 15) is 5.11 Å². The number of nitrogens with zero attached hydrogens (tertiary/aromatic N) is 4. The number of thioether (sulfide) groups is 1. The maximum absolute atomic E-state index is 9.34. The Balaban J connectivity index is 2.10. The zero-order chi connectivity index (χ0) is 15.2. The Bertz CT molecular complexity index is 454. The van der Waals surface area contributed by atoms with Crippen molar-refractivity contribution >= 4 is 35.3 Å². The van der Waals surface area contributed by atoms with Gasteiger partial charge >= 0.3 is 0 Å². The van der Waals surface area contributed by atoms with Crippen LogP contribution in [0.25, 0.3) is 0 Å². The maximum Gasteiger partial charge on any atom is 0.231 e. The number of aliphatic hydroxyl groups is 1. The van der Waals surface area contributed by atoms with E-state index in [-0.39, 0.29) is 23.2 Å². The first kappa shape index (κ1) is 16.6. The molecule has 0 radical (unpaired) electrons. The molecule has 0 spiro atoms. The van der Waals surface area contributed by atoms with Gasteiger partial charge in [-0.3, -0.25) is 0 Å². The van der Waals surface area contributed by atoms with Gasteiger partial charge in [0.15, 0.2) is 0 Å². The highest BCUT2D eigenvalue weighted by Gasteiger charge is 2.19. The summed E-state index contributed by atoms with van der Waals surface area (Å²) in [6.07, 6.45) is 5.53. The number of hydrogen-bond donors (Lipinski definition) is 2. The average molecular weight is 332 g/mol. The van der Waals surface area contributed by atoms with Crippen LogP contribution < -0.4 is 10.2 Å². The number of rotatable bonds is 6. The third-order valence-electron chi connectivity index (χ3n) is 3.63. The molecule has 0 amide bonds. The van der Waals surface area contributed by atoms with Crippen LogP contribution in [0, 0.1) is 0 Å². The summed E-state index contributed by atoms with van der Waals surface area (Å²) in [4.78, 5) is 15.0. The molecule has 6 nitrogen and oxygen atoms in total. The molecular formula is C13H22ClN5OS. The lowest BCUT2D eigenvalue weighted by Gasteiger charge is -2.27. The van der Waals surface area contributed by atoms with E-state index in [4.69, 9.17) is 11.6 Å². The number of nitrogens with one attached hydrogen (secondary N) is 1. The van der Waals surface area contributed by atoms with E-state index < -0.39 is 0 Å². The van der Waals surface area contributed by atoms with Crippen LogP contribution >= 0.6 is 23.4 Å². The van der Waals surface area contributed by atoms with E-state index in [0.29, 0.717) is 11.9 Å². The van der Waals surface area contributed by atoms with Gasteiger partial charge in [-0.15, -0.1) is 0 Å². The molecule has 1 aromatic heterocycles. The van der Waals surface area contributed by atoms with E-state index in [1.54, 1.807) is 11.8 Å². The Morgan fingerprint density at radius 2 is 2.00 bits per heavy atom. The number of aliphatic hydroxyl groups excluding tert-OH is 1. The number of hydrogen-bond acceptors (Lipinski definition) is 7. The zero-order valence-electron chi connectivity index (χ0n) is 12.4. The molecular weight excluding hydrogens is 310 g/mol. The summed E-state index contributed by atoms with van der Waals surface area (Å²) >= 11 is 7.62. The van der Waals surface area contributed by atoms with Crippen LogP contribution in [0.15, 0.2) is 0 Å². The summed E-state index contributed by atoms with van der Waals surface area (Å²) in [6, 6.07) is 0.0395. The third-order valence-corrected chi connectivity index (χ3v) is 4.96. The van der Waals surface area contributed by atoms with Crippen LogP contribution in [0.5, 0.6) is 0 Å². The fourth-order valence-electron chi connectivity index (χ4n) is 2.37. The zero-order valence-corrected chi connectivity index (χ0v) is 14.0. The van der Waals surface area contributed by atoms with Gasteiger partial charge in [0, 0.05) is 24.4 Å². The molecule has 8 heteroatoms. The molecule has 2 heterocycles. The predicted octanol–water partition coefficient (Wildman–Crippen LogP) is 2.04. The topological polar surface area (TPSA) is 74.2 Å². The van der Waals surface area contributed by atoms with Crippen LogP contribution in [-0.4, -0.2) is 57.3 Å². The molecule has 2 unspecified atom stereocenters. The molecule has 0 saturated carbocycles. The Kier molecular flexibility index (Phi) is 6.32. The minimum absolute atomic E-state index is 0.0395. The number of piperidine rings is 1. The van der Waals surface area contributed by atoms with Gasteiger partial charge in [0.25, 0.3) is 0 Å². The van der Waals surface area contributed by atoms with Crippen LogP contribution in [0.4, 0.5) is 11.9 Å². The largest absolute Gasteiger partial charge is 0.395 e. The van der Waals surface area contributed by atoms with Crippen molar-refractivity contribution in [1.82, 2.24) is 15.0 Å². The fraction of sp³-hybridized carbons (Fsp3) is 0.769. The summed E-state index contributed by atoms with van der Waals surface area (Å²) in [7, 11) is 0.